The van der Waals surface area contributed by atoms with Gasteiger partial charge in [0.1, 0.15) is 0 Å². The average Bonchev–Trinajstić information content (AvgIpc) is 3.46. The molecule has 2 saturated heterocycles. The summed E-state index contributed by atoms with van der Waals surface area (Å²) in [6.45, 7) is 4.52. The molecule has 0 bridgehead atoms. The molecule has 8 nitrogen and oxygen atoms in total. The van der Waals surface area contributed by atoms with Crippen molar-refractivity contribution in [2.75, 3.05) is 37.7 Å². The van der Waals surface area contributed by atoms with Gasteiger partial charge in [-0.05, 0) is 31.4 Å². The minimum atomic E-state index is -0.0465. The van der Waals surface area contributed by atoms with Gasteiger partial charge in [-0.25, -0.2) is 9.67 Å². The van der Waals surface area contributed by atoms with E-state index in [2.05, 4.69) is 21.3 Å². The first kappa shape index (κ1) is 18.5. The molecule has 0 spiro atoms. The molecule has 2 aliphatic heterocycles. The molecule has 2 aliphatic rings. The number of rotatable bonds is 4. The van der Waals surface area contributed by atoms with E-state index in [1.807, 2.05) is 23.1 Å². The fourth-order valence-electron chi connectivity index (χ4n) is 3.95. The zero-order valence-corrected chi connectivity index (χ0v) is 17.1. The summed E-state index contributed by atoms with van der Waals surface area (Å²) in [7, 11) is 0. The Labute approximate surface area is 173 Å². The number of amides is 1. The van der Waals surface area contributed by atoms with E-state index in [9.17, 15) is 4.79 Å². The van der Waals surface area contributed by atoms with Crippen molar-refractivity contribution in [2.24, 2.45) is 0 Å². The Hall–Kier alpha value is -2.52. The van der Waals surface area contributed by atoms with Crippen LogP contribution in [0.25, 0.3) is 10.2 Å². The van der Waals surface area contributed by atoms with Gasteiger partial charge >= 0.3 is 0 Å². The first-order valence-electron chi connectivity index (χ1n) is 10.2. The van der Waals surface area contributed by atoms with E-state index < -0.39 is 0 Å². The quantitative estimate of drug-likeness (QED) is 0.655. The number of hydrogen-bond acceptors (Lipinski definition) is 7. The zero-order chi connectivity index (χ0) is 19.6. The van der Waals surface area contributed by atoms with Gasteiger partial charge in [-0.1, -0.05) is 28.7 Å². The molecule has 3 aromatic rings. The van der Waals surface area contributed by atoms with Gasteiger partial charge < -0.3 is 14.5 Å². The second-order valence-corrected chi connectivity index (χ2v) is 8.57. The number of benzene rings is 1. The molecule has 9 heteroatoms. The van der Waals surface area contributed by atoms with Crippen molar-refractivity contribution in [2.45, 2.75) is 31.9 Å². The van der Waals surface area contributed by atoms with Crippen molar-refractivity contribution in [1.82, 2.24) is 24.9 Å². The van der Waals surface area contributed by atoms with Crippen LogP contribution in [0.5, 0.6) is 0 Å². The molecule has 0 radical (unpaired) electrons. The highest BCUT2D eigenvalue weighted by atomic mass is 32.1. The molecule has 1 unspecified atom stereocenters. The van der Waals surface area contributed by atoms with Crippen molar-refractivity contribution in [3.8, 4) is 0 Å². The average molecular weight is 413 g/mol. The molecule has 0 N–H and O–H groups in total. The number of ether oxygens (including phenoxy) is 1. The molecule has 2 fully saturated rings. The first-order chi connectivity index (χ1) is 14.3. The number of hydrogen-bond donors (Lipinski definition) is 0. The fourth-order valence-corrected chi connectivity index (χ4v) is 4.97. The molecule has 2 aromatic heterocycles. The number of carbonyl (C=O) groups excluding carboxylic acids is 1. The number of fused-ring (bicyclic) bond motifs is 1. The summed E-state index contributed by atoms with van der Waals surface area (Å²) in [4.78, 5) is 21.9. The lowest BCUT2D eigenvalue weighted by Gasteiger charge is -2.20. The van der Waals surface area contributed by atoms with Crippen molar-refractivity contribution >= 4 is 32.6 Å². The molecular formula is C20H24N6O2S. The predicted octanol–water partition coefficient (Wildman–Crippen LogP) is 2.42. The zero-order valence-electron chi connectivity index (χ0n) is 16.2. The second-order valence-electron chi connectivity index (χ2n) is 7.56. The van der Waals surface area contributed by atoms with Crippen LogP contribution in [0.15, 0.2) is 30.5 Å². The molecule has 152 valence electrons. The van der Waals surface area contributed by atoms with Gasteiger partial charge in [0.25, 0.3) is 5.91 Å². The fraction of sp³-hybridized carbons (Fsp3) is 0.500. The molecule has 1 amide bonds. The Morgan fingerprint density at radius 3 is 2.97 bits per heavy atom. The van der Waals surface area contributed by atoms with Crippen LogP contribution in [0.2, 0.25) is 0 Å². The van der Waals surface area contributed by atoms with Crippen LogP contribution in [0.4, 0.5) is 5.13 Å². The van der Waals surface area contributed by atoms with Gasteiger partial charge in [-0.3, -0.25) is 4.79 Å². The SMILES string of the molecule is O=C(c1cn(CC2CCCO2)nn1)N1CCCN(c2nc3ccccc3s2)CC1. The number of carbonyl (C=O) groups is 1. The van der Waals surface area contributed by atoms with Gasteiger partial charge in [-0.2, -0.15) is 0 Å². The van der Waals surface area contributed by atoms with Gasteiger partial charge in [0, 0.05) is 32.8 Å². The molecule has 0 aliphatic carbocycles. The number of nitrogens with zero attached hydrogens (tertiary/aromatic N) is 6. The maximum Gasteiger partial charge on any atom is 0.276 e. The minimum Gasteiger partial charge on any atom is -0.376 e. The highest BCUT2D eigenvalue weighted by molar-refractivity contribution is 7.22. The summed E-state index contributed by atoms with van der Waals surface area (Å²) < 4.78 is 8.57. The summed E-state index contributed by atoms with van der Waals surface area (Å²) in [5.74, 6) is -0.0465. The van der Waals surface area contributed by atoms with Gasteiger partial charge in [0.05, 0.1) is 29.1 Å². The number of para-hydroxylation sites is 1. The topological polar surface area (TPSA) is 76.4 Å². The maximum absolute atomic E-state index is 12.9. The van der Waals surface area contributed by atoms with E-state index >= 15 is 0 Å². The first-order valence-corrected chi connectivity index (χ1v) is 11.0. The lowest BCUT2D eigenvalue weighted by Crippen LogP contribution is -2.35. The molecule has 1 aromatic carbocycles. The van der Waals surface area contributed by atoms with Crippen molar-refractivity contribution in [1.29, 1.82) is 0 Å². The van der Waals surface area contributed by atoms with Gasteiger partial charge in [0.2, 0.25) is 0 Å². The van der Waals surface area contributed by atoms with Gasteiger partial charge in [0.15, 0.2) is 10.8 Å². The van der Waals surface area contributed by atoms with E-state index in [1.165, 1.54) is 4.70 Å². The van der Waals surface area contributed by atoms with E-state index in [0.717, 1.165) is 56.2 Å². The number of anilines is 1. The normalized spacial score (nSPS) is 20.3. The standard InChI is InChI=1S/C20H24N6O2S/c27-19(17-14-26(23-22-17)13-15-5-3-12-28-15)24-8-4-9-25(11-10-24)20-21-16-6-1-2-7-18(16)29-20/h1-2,6-7,14-15H,3-5,8-13H2. The third-order valence-corrected chi connectivity index (χ3v) is 6.61. The van der Waals surface area contributed by atoms with Crippen LogP contribution in [0.1, 0.15) is 29.8 Å². The molecule has 4 heterocycles. The Morgan fingerprint density at radius 1 is 1.17 bits per heavy atom. The number of aromatic nitrogens is 4. The molecule has 5 rings (SSSR count). The van der Waals surface area contributed by atoms with E-state index in [-0.39, 0.29) is 12.0 Å². The van der Waals surface area contributed by atoms with Crippen LogP contribution in [0.3, 0.4) is 0 Å². The minimum absolute atomic E-state index is 0.0465. The largest absolute Gasteiger partial charge is 0.376 e. The molecule has 0 saturated carbocycles. The van der Waals surface area contributed by atoms with Crippen molar-refractivity contribution < 1.29 is 9.53 Å². The summed E-state index contributed by atoms with van der Waals surface area (Å²) >= 11 is 1.71. The predicted molar refractivity (Wildman–Crippen MR) is 111 cm³/mol. The summed E-state index contributed by atoms with van der Waals surface area (Å²) in [5, 5.41) is 9.27. The van der Waals surface area contributed by atoms with Crippen LogP contribution in [-0.2, 0) is 11.3 Å². The Balaban J connectivity index is 1.23. The van der Waals surface area contributed by atoms with Crippen LogP contribution in [-0.4, -0.2) is 69.7 Å². The molecular weight excluding hydrogens is 388 g/mol. The smallest absolute Gasteiger partial charge is 0.276 e. The van der Waals surface area contributed by atoms with E-state index in [1.54, 1.807) is 22.2 Å². The summed E-state index contributed by atoms with van der Waals surface area (Å²) in [5.41, 5.74) is 1.45. The summed E-state index contributed by atoms with van der Waals surface area (Å²) in [6, 6.07) is 8.20. The lowest BCUT2D eigenvalue weighted by atomic mass is 10.2. The highest BCUT2D eigenvalue weighted by Crippen LogP contribution is 2.29. The highest BCUT2D eigenvalue weighted by Gasteiger charge is 2.24. The van der Waals surface area contributed by atoms with E-state index in [0.29, 0.717) is 18.8 Å². The van der Waals surface area contributed by atoms with Crippen LogP contribution >= 0.6 is 11.3 Å². The van der Waals surface area contributed by atoms with Gasteiger partial charge in [-0.15, -0.1) is 5.10 Å². The number of thiazole rings is 1. The Kier molecular flexibility index (Phi) is 5.15. The monoisotopic (exact) mass is 412 g/mol. The summed E-state index contributed by atoms with van der Waals surface area (Å²) in [6.07, 6.45) is 4.97. The Morgan fingerprint density at radius 2 is 2.10 bits per heavy atom. The van der Waals surface area contributed by atoms with Crippen LogP contribution in [0, 0.1) is 0 Å². The van der Waals surface area contributed by atoms with Crippen molar-refractivity contribution in [3.63, 3.8) is 0 Å². The third kappa shape index (κ3) is 3.97. The maximum atomic E-state index is 12.9. The molecule has 29 heavy (non-hydrogen) atoms. The third-order valence-electron chi connectivity index (χ3n) is 5.51. The van der Waals surface area contributed by atoms with Crippen LogP contribution < -0.4 is 4.90 Å². The van der Waals surface area contributed by atoms with E-state index in [4.69, 9.17) is 9.72 Å². The lowest BCUT2D eigenvalue weighted by molar-refractivity contribution is 0.0760. The Bertz CT molecular complexity index is 963. The second kappa shape index (κ2) is 8.08. The molecule has 1 atom stereocenters. The van der Waals surface area contributed by atoms with Crippen molar-refractivity contribution in [3.05, 3.63) is 36.2 Å².